The number of nitrogens with zero attached hydrogens (tertiary/aromatic N) is 1. The van der Waals surface area contributed by atoms with Crippen LogP contribution in [0.4, 0.5) is 9.18 Å². The molecular formula is C20H22FN5O4. The highest BCUT2D eigenvalue weighted by Crippen LogP contribution is 2.38. The minimum atomic E-state index is -0.796. The lowest BCUT2D eigenvalue weighted by Crippen LogP contribution is -2.41. The number of nitrogens with one attached hydrogen (secondary N) is 3. The van der Waals surface area contributed by atoms with Crippen molar-refractivity contribution < 1.29 is 23.2 Å². The first-order valence-electron chi connectivity index (χ1n) is 9.18. The van der Waals surface area contributed by atoms with Crippen LogP contribution >= 0.6 is 0 Å². The molecular weight excluding hydrogens is 393 g/mol. The van der Waals surface area contributed by atoms with Crippen LogP contribution in [0, 0.1) is 18.2 Å². The summed E-state index contributed by atoms with van der Waals surface area (Å²) < 4.78 is 18.8. The highest BCUT2D eigenvalue weighted by molar-refractivity contribution is 6.07. The Kier molecular flexibility index (Phi) is 5.59. The molecule has 4 amide bonds. The largest absolute Gasteiger partial charge is 0.455 e. The number of primary amides is 1. The maximum atomic E-state index is 13.0. The van der Waals surface area contributed by atoms with E-state index in [0.29, 0.717) is 35.4 Å². The Morgan fingerprint density at radius 1 is 1.10 bits per heavy atom. The molecule has 0 saturated heterocycles. The minimum absolute atomic E-state index is 0.0175. The summed E-state index contributed by atoms with van der Waals surface area (Å²) in [6.45, 7) is 5.71. The molecule has 30 heavy (non-hydrogen) atoms. The third-order valence-electron chi connectivity index (χ3n) is 4.70. The first-order valence-corrected chi connectivity index (χ1v) is 9.18. The van der Waals surface area contributed by atoms with Crippen LogP contribution in [-0.4, -0.2) is 23.6 Å². The first kappa shape index (κ1) is 21.0. The Bertz CT molecular complexity index is 1040. The molecule has 0 bridgehead atoms. The van der Waals surface area contributed by atoms with Gasteiger partial charge >= 0.3 is 11.9 Å². The number of urea groups is 1. The molecule has 0 aliphatic heterocycles. The van der Waals surface area contributed by atoms with Crippen molar-refractivity contribution in [2.24, 2.45) is 16.3 Å². The van der Waals surface area contributed by atoms with E-state index >= 15 is 0 Å². The van der Waals surface area contributed by atoms with Gasteiger partial charge in [0, 0.05) is 23.1 Å². The number of halogens is 1. The molecule has 158 valence electrons. The van der Waals surface area contributed by atoms with Crippen molar-refractivity contribution in [3.63, 3.8) is 0 Å². The minimum Gasteiger partial charge on any atom is -0.455 e. The molecule has 3 rings (SSSR count). The molecule has 0 fully saturated rings. The molecule has 1 heterocycles. The van der Waals surface area contributed by atoms with Crippen molar-refractivity contribution in [1.82, 2.24) is 16.3 Å². The number of hydrogen-bond acceptors (Lipinski definition) is 5. The standard InChI is InChI=1S/C20H22FN5O4/c1-10-15-13(23-26-19(22)29)8-20(2,3)9-14(15)30-16(10)18(28)25-24-17(27)11-4-6-12(21)7-5-11/h4-7H,8-9H2,1-3H3,(H,24,27)(H,25,28)(H3,22,26,29)/b23-13-. The number of hydrazone groups is 1. The SMILES string of the molecule is Cc1c(C(=O)NNC(=O)c2ccc(F)cc2)oc2c1/C(=N\NC(N)=O)CC(C)(C)C2. The lowest BCUT2D eigenvalue weighted by molar-refractivity contribution is 0.0828. The topological polar surface area (TPSA) is 139 Å². The number of amides is 4. The smallest absolute Gasteiger partial charge is 0.332 e. The van der Waals surface area contributed by atoms with E-state index in [1.807, 2.05) is 13.8 Å². The molecule has 0 radical (unpaired) electrons. The van der Waals surface area contributed by atoms with Crippen molar-refractivity contribution in [2.75, 3.05) is 0 Å². The molecule has 0 saturated carbocycles. The Balaban J connectivity index is 1.81. The molecule has 1 aliphatic carbocycles. The Labute approximate surface area is 171 Å². The average molecular weight is 415 g/mol. The van der Waals surface area contributed by atoms with Crippen LogP contribution in [0.3, 0.4) is 0 Å². The predicted molar refractivity (Wildman–Crippen MR) is 106 cm³/mol. The number of hydrazine groups is 1. The maximum absolute atomic E-state index is 13.0. The zero-order valence-corrected chi connectivity index (χ0v) is 16.8. The van der Waals surface area contributed by atoms with Gasteiger partial charge in [-0.1, -0.05) is 13.8 Å². The fourth-order valence-electron chi connectivity index (χ4n) is 3.39. The van der Waals surface area contributed by atoms with Gasteiger partial charge in [0.05, 0.1) is 5.71 Å². The van der Waals surface area contributed by atoms with E-state index in [4.69, 9.17) is 10.2 Å². The highest BCUT2D eigenvalue weighted by atomic mass is 19.1. The van der Waals surface area contributed by atoms with E-state index in [2.05, 4.69) is 21.4 Å². The fourth-order valence-corrected chi connectivity index (χ4v) is 3.39. The summed E-state index contributed by atoms with van der Waals surface area (Å²) in [5.41, 5.74) is 13.6. The maximum Gasteiger partial charge on any atom is 0.332 e. The summed E-state index contributed by atoms with van der Waals surface area (Å²) >= 11 is 0. The van der Waals surface area contributed by atoms with Crippen LogP contribution < -0.4 is 22.0 Å². The zero-order valence-electron chi connectivity index (χ0n) is 16.8. The van der Waals surface area contributed by atoms with Crippen molar-refractivity contribution in [2.45, 2.75) is 33.6 Å². The van der Waals surface area contributed by atoms with E-state index in [9.17, 15) is 18.8 Å². The van der Waals surface area contributed by atoms with Gasteiger partial charge in [0.1, 0.15) is 11.6 Å². The van der Waals surface area contributed by atoms with Gasteiger partial charge in [0.25, 0.3) is 5.91 Å². The molecule has 0 atom stereocenters. The van der Waals surface area contributed by atoms with Gasteiger partial charge in [-0.05, 0) is 43.0 Å². The van der Waals surface area contributed by atoms with Crippen molar-refractivity contribution >= 4 is 23.6 Å². The van der Waals surface area contributed by atoms with Crippen LogP contribution in [0.15, 0.2) is 33.8 Å². The van der Waals surface area contributed by atoms with E-state index < -0.39 is 23.7 Å². The average Bonchev–Trinajstić information content (AvgIpc) is 2.99. The van der Waals surface area contributed by atoms with E-state index in [0.717, 1.165) is 12.1 Å². The quantitative estimate of drug-likeness (QED) is 0.570. The van der Waals surface area contributed by atoms with Crippen LogP contribution in [0.5, 0.6) is 0 Å². The molecule has 9 nitrogen and oxygen atoms in total. The molecule has 1 aromatic heterocycles. The van der Waals surface area contributed by atoms with Crippen molar-refractivity contribution in [3.8, 4) is 0 Å². The van der Waals surface area contributed by atoms with Crippen LogP contribution in [0.25, 0.3) is 0 Å². The Hall–Kier alpha value is -3.69. The molecule has 10 heteroatoms. The normalized spacial score (nSPS) is 15.9. The summed E-state index contributed by atoms with van der Waals surface area (Å²) in [6.07, 6.45) is 1.11. The summed E-state index contributed by atoms with van der Waals surface area (Å²) in [5, 5.41) is 4.07. The monoisotopic (exact) mass is 415 g/mol. The van der Waals surface area contributed by atoms with Gasteiger partial charge in [-0.3, -0.25) is 20.4 Å². The first-order chi connectivity index (χ1) is 14.1. The van der Waals surface area contributed by atoms with E-state index in [1.54, 1.807) is 6.92 Å². The number of nitrogens with two attached hydrogens (primary N) is 1. The Morgan fingerprint density at radius 3 is 2.37 bits per heavy atom. The number of carbonyl (C=O) groups excluding carboxylic acids is 3. The fraction of sp³-hybridized carbons (Fsp3) is 0.300. The molecule has 0 unspecified atom stereocenters. The van der Waals surface area contributed by atoms with Gasteiger partial charge in [-0.25, -0.2) is 14.6 Å². The van der Waals surface area contributed by atoms with Crippen LogP contribution in [-0.2, 0) is 6.42 Å². The van der Waals surface area contributed by atoms with E-state index in [1.165, 1.54) is 12.1 Å². The lowest BCUT2D eigenvalue weighted by atomic mass is 9.75. The van der Waals surface area contributed by atoms with Gasteiger partial charge in [-0.15, -0.1) is 0 Å². The van der Waals surface area contributed by atoms with Crippen LogP contribution in [0.2, 0.25) is 0 Å². The van der Waals surface area contributed by atoms with Gasteiger partial charge in [-0.2, -0.15) is 5.10 Å². The molecule has 5 N–H and O–H groups in total. The Morgan fingerprint density at radius 2 is 1.73 bits per heavy atom. The summed E-state index contributed by atoms with van der Waals surface area (Å²) in [4.78, 5) is 35.8. The number of hydrogen-bond donors (Lipinski definition) is 4. The highest BCUT2D eigenvalue weighted by Gasteiger charge is 2.36. The number of fused-ring (bicyclic) bond motifs is 1. The van der Waals surface area contributed by atoms with Gasteiger partial charge < -0.3 is 10.2 Å². The van der Waals surface area contributed by atoms with Crippen LogP contribution in [0.1, 0.15) is 58.1 Å². The summed E-state index contributed by atoms with van der Waals surface area (Å²) in [5.74, 6) is -1.16. The summed E-state index contributed by atoms with van der Waals surface area (Å²) in [6, 6.07) is 4.08. The molecule has 1 aromatic carbocycles. The third kappa shape index (κ3) is 4.48. The predicted octanol–water partition coefficient (Wildman–Crippen LogP) is 2.15. The second-order valence-corrected chi connectivity index (χ2v) is 7.82. The second-order valence-electron chi connectivity index (χ2n) is 7.82. The second kappa shape index (κ2) is 7.97. The lowest BCUT2D eigenvalue weighted by Gasteiger charge is -2.29. The molecule has 0 spiro atoms. The number of rotatable bonds is 3. The third-order valence-corrected chi connectivity index (χ3v) is 4.70. The molecule has 2 aromatic rings. The number of benzene rings is 1. The van der Waals surface area contributed by atoms with Gasteiger partial charge in [0.2, 0.25) is 0 Å². The van der Waals surface area contributed by atoms with Crippen molar-refractivity contribution in [3.05, 3.63) is 58.3 Å². The number of carbonyl (C=O) groups is 3. The van der Waals surface area contributed by atoms with Gasteiger partial charge in [0.15, 0.2) is 5.76 Å². The zero-order chi connectivity index (χ0) is 22.1. The van der Waals surface area contributed by atoms with Crippen molar-refractivity contribution in [1.29, 1.82) is 0 Å². The molecule has 1 aliphatic rings. The summed E-state index contributed by atoms with van der Waals surface area (Å²) in [7, 11) is 0. The van der Waals surface area contributed by atoms with E-state index in [-0.39, 0.29) is 16.7 Å². The number of furan rings is 1.